The molecule has 0 saturated carbocycles. The minimum Gasteiger partial charge on any atom is -0.467 e. The number of nitrogens with zero attached hydrogens (tertiary/aromatic N) is 1. The Hall–Kier alpha value is -1.88. The van der Waals surface area contributed by atoms with E-state index in [-0.39, 0.29) is 25.0 Å². The highest BCUT2D eigenvalue weighted by Crippen LogP contribution is 2.38. The van der Waals surface area contributed by atoms with Crippen LogP contribution >= 0.6 is 0 Å². The van der Waals surface area contributed by atoms with Gasteiger partial charge in [0.25, 0.3) is 10.1 Å². The molecule has 10 nitrogen and oxygen atoms in total. The van der Waals surface area contributed by atoms with E-state index in [1.54, 1.807) is 20.8 Å². The molecule has 0 bridgehead atoms. The number of rotatable bonds is 5. The van der Waals surface area contributed by atoms with Crippen LogP contribution in [0.2, 0.25) is 0 Å². The predicted molar refractivity (Wildman–Crippen MR) is 97.7 cm³/mol. The number of fused-ring (bicyclic) bond motifs is 1. The standard InChI is InChI=1S/C17H28N2O8S/c1-17(2,3)27-16(22)18-11-6-7-12-10(9-26-28(5,23)24)8-13(15(21)25-4)19(12)14(11)20/h10-13H,6-9H2,1-5H3,(H,18,22)/t10-,11-,12-,13-/m0/s1. The topological polar surface area (TPSA) is 128 Å². The monoisotopic (exact) mass is 420 g/mol. The molecule has 160 valence electrons. The molecule has 2 fully saturated rings. The second kappa shape index (κ2) is 8.24. The summed E-state index contributed by atoms with van der Waals surface area (Å²) in [6, 6.07) is -2.04. The third-order valence-corrected chi connectivity index (χ3v) is 5.29. The smallest absolute Gasteiger partial charge is 0.408 e. The van der Waals surface area contributed by atoms with E-state index in [2.05, 4.69) is 5.32 Å². The van der Waals surface area contributed by atoms with E-state index in [0.717, 1.165) is 6.26 Å². The molecule has 0 aromatic carbocycles. The minimum absolute atomic E-state index is 0.120. The summed E-state index contributed by atoms with van der Waals surface area (Å²) in [5, 5.41) is 2.55. The van der Waals surface area contributed by atoms with Gasteiger partial charge >= 0.3 is 12.1 Å². The number of methoxy groups -OCH3 is 1. The quantitative estimate of drug-likeness (QED) is 0.500. The number of hydrogen-bond donors (Lipinski definition) is 1. The summed E-state index contributed by atoms with van der Waals surface area (Å²) in [4.78, 5) is 38.6. The first-order valence-electron chi connectivity index (χ1n) is 9.06. The van der Waals surface area contributed by atoms with Crippen LogP contribution in [0.1, 0.15) is 40.0 Å². The normalized spacial score (nSPS) is 27.9. The number of carbonyl (C=O) groups excluding carboxylic acids is 3. The third kappa shape index (κ3) is 5.57. The van der Waals surface area contributed by atoms with Gasteiger partial charge in [0, 0.05) is 12.0 Å². The highest BCUT2D eigenvalue weighted by molar-refractivity contribution is 7.85. The van der Waals surface area contributed by atoms with Gasteiger partial charge in [0.2, 0.25) is 5.91 Å². The van der Waals surface area contributed by atoms with E-state index in [1.165, 1.54) is 12.0 Å². The van der Waals surface area contributed by atoms with Crippen molar-refractivity contribution in [3.05, 3.63) is 0 Å². The van der Waals surface area contributed by atoms with Crippen LogP contribution in [0.25, 0.3) is 0 Å². The van der Waals surface area contributed by atoms with Gasteiger partial charge in [0.1, 0.15) is 17.7 Å². The van der Waals surface area contributed by atoms with Crippen LogP contribution in [0.5, 0.6) is 0 Å². The molecule has 0 aromatic heterocycles. The van der Waals surface area contributed by atoms with Crippen molar-refractivity contribution in [2.24, 2.45) is 5.92 Å². The van der Waals surface area contributed by atoms with Crippen molar-refractivity contribution >= 4 is 28.1 Å². The van der Waals surface area contributed by atoms with Gasteiger partial charge in [-0.2, -0.15) is 8.42 Å². The van der Waals surface area contributed by atoms with Crippen molar-refractivity contribution in [2.75, 3.05) is 20.0 Å². The zero-order valence-corrected chi connectivity index (χ0v) is 17.6. The fourth-order valence-electron chi connectivity index (χ4n) is 3.67. The Morgan fingerprint density at radius 1 is 1.25 bits per heavy atom. The van der Waals surface area contributed by atoms with Crippen LogP contribution in [-0.2, 0) is 33.4 Å². The van der Waals surface area contributed by atoms with Crippen molar-refractivity contribution in [3.8, 4) is 0 Å². The van der Waals surface area contributed by atoms with Gasteiger partial charge in [0.15, 0.2) is 0 Å². The van der Waals surface area contributed by atoms with Gasteiger partial charge in [-0.3, -0.25) is 8.98 Å². The summed E-state index contributed by atoms with van der Waals surface area (Å²) in [6.07, 6.45) is 1.30. The van der Waals surface area contributed by atoms with Gasteiger partial charge in [0.05, 0.1) is 20.0 Å². The van der Waals surface area contributed by atoms with Gasteiger partial charge in [-0.05, 0) is 40.0 Å². The molecular weight excluding hydrogens is 392 g/mol. The fourth-order valence-corrected chi connectivity index (χ4v) is 4.09. The number of amides is 2. The SMILES string of the molecule is COC(=O)[C@@H]1C[C@@H](COS(C)(=O)=O)[C@@H]2CC[C@H](NC(=O)OC(C)(C)C)C(=O)N12. The van der Waals surface area contributed by atoms with Crippen molar-refractivity contribution in [1.29, 1.82) is 0 Å². The number of hydrogen-bond acceptors (Lipinski definition) is 8. The molecule has 2 saturated heterocycles. The maximum atomic E-state index is 13.0. The summed E-state index contributed by atoms with van der Waals surface area (Å²) in [7, 11) is -2.42. The Bertz CT molecular complexity index is 730. The van der Waals surface area contributed by atoms with Crippen LogP contribution in [0, 0.1) is 5.92 Å². The maximum absolute atomic E-state index is 13.0. The molecule has 11 heteroatoms. The molecule has 2 amide bonds. The van der Waals surface area contributed by atoms with E-state index < -0.39 is 45.8 Å². The van der Waals surface area contributed by atoms with Crippen LogP contribution in [-0.4, -0.2) is 75.0 Å². The molecule has 4 atom stereocenters. The molecule has 0 spiro atoms. The second-order valence-corrected chi connectivity index (χ2v) is 9.76. The van der Waals surface area contributed by atoms with Crippen LogP contribution in [0.3, 0.4) is 0 Å². The number of nitrogens with one attached hydrogen (secondary N) is 1. The number of esters is 1. The summed E-state index contributed by atoms with van der Waals surface area (Å²) in [6.45, 7) is 5.02. The van der Waals surface area contributed by atoms with E-state index in [0.29, 0.717) is 12.8 Å². The highest BCUT2D eigenvalue weighted by atomic mass is 32.2. The molecule has 0 aromatic rings. The third-order valence-electron chi connectivity index (χ3n) is 4.73. The molecule has 2 aliphatic heterocycles. The van der Waals surface area contributed by atoms with Crippen LogP contribution < -0.4 is 5.32 Å². The lowest BCUT2D eigenvalue weighted by atomic mass is 9.91. The fraction of sp³-hybridized carbons (Fsp3) is 0.824. The van der Waals surface area contributed by atoms with E-state index >= 15 is 0 Å². The molecular formula is C17H28N2O8S. The minimum atomic E-state index is -3.64. The molecule has 0 unspecified atom stereocenters. The first-order valence-corrected chi connectivity index (χ1v) is 10.9. The van der Waals surface area contributed by atoms with Crippen molar-refractivity contribution in [2.45, 2.75) is 63.8 Å². The van der Waals surface area contributed by atoms with E-state index in [1.807, 2.05) is 0 Å². The van der Waals surface area contributed by atoms with Crippen LogP contribution in [0.15, 0.2) is 0 Å². The van der Waals surface area contributed by atoms with Gasteiger partial charge in [-0.25, -0.2) is 9.59 Å². The lowest BCUT2D eigenvalue weighted by molar-refractivity contribution is -0.154. The van der Waals surface area contributed by atoms with Crippen molar-refractivity contribution in [1.82, 2.24) is 10.2 Å². The molecule has 2 heterocycles. The van der Waals surface area contributed by atoms with E-state index in [9.17, 15) is 22.8 Å². The molecule has 0 aliphatic carbocycles. The van der Waals surface area contributed by atoms with E-state index in [4.69, 9.17) is 13.7 Å². The maximum Gasteiger partial charge on any atom is 0.408 e. The Kier molecular flexibility index (Phi) is 6.59. The zero-order valence-electron chi connectivity index (χ0n) is 16.8. The average Bonchev–Trinajstić information content (AvgIpc) is 2.92. The summed E-state index contributed by atoms with van der Waals surface area (Å²) < 4.78 is 37.5. The Morgan fingerprint density at radius 3 is 2.43 bits per heavy atom. The number of carbonyl (C=O) groups is 3. The first kappa shape index (κ1) is 22.4. The predicted octanol–water partition coefficient (Wildman–Crippen LogP) is 0.408. The van der Waals surface area contributed by atoms with Gasteiger partial charge in [-0.1, -0.05) is 0 Å². The summed E-state index contributed by atoms with van der Waals surface area (Å²) in [5.74, 6) is -1.33. The van der Waals surface area contributed by atoms with Gasteiger partial charge in [-0.15, -0.1) is 0 Å². The van der Waals surface area contributed by atoms with Crippen LogP contribution in [0.4, 0.5) is 4.79 Å². The number of piperidine rings is 1. The lowest BCUT2D eigenvalue weighted by Gasteiger charge is -2.38. The average molecular weight is 420 g/mol. The first-order chi connectivity index (χ1) is 12.8. The van der Waals surface area contributed by atoms with Crippen molar-refractivity contribution < 1.29 is 36.5 Å². The van der Waals surface area contributed by atoms with Gasteiger partial charge < -0.3 is 19.7 Å². The zero-order chi connectivity index (χ0) is 21.3. The Balaban J connectivity index is 2.14. The largest absolute Gasteiger partial charge is 0.467 e. The second-order valence-electron chi connectivity index (χ2n) is 8.11. The number of ether oxygens (including phenoxy) is 2. The summed E-state index contributed by atoms with van der Waals surface area (Å²) >= 11 is 0. The highest BCUT2D eigenvalue weighted by Gasteiger charge is 2.51. The van der Waals surface area contributed by atoms with Crippen molar-refractivity contribution in [3.63, 3.8) is 0 Å². The molecule has 2 aliphatic rings. The summed E-state index contributed by atoms with van der Waals surface area (Å²) in [5.41, 5.74) is -0.708. The molecule has 1 N–H and O–H groups in total. The Morgan fingerprint density at radius 2 is 1.89 bits per heavy atom. The Labute approximate surface area is 165 Å². The molecule has 0 radical (unpaired) electrons. The molecule has 2 rings (SSSR count). The lowest BCUT2D eigenvalue weighted by Crippen LogP contribution is -2.58. The molecule has 28 heavy (non-hydrogen) atoms. The number of alkyl carbamates (subject to hydrolysis) is 1.